The van der Waals surface area contributed by atoms with Crippen molar-refractivity contribution in [2.24, 2.45) is 0 Å². The summed E-state index contributed by atoms with van der Waals surface area (Å²) < 4.78 is 0. The van der Waals surface area contributed by atoms with Gasteiger partial charge in [0.15, 0.2) is 0 Å². The fourth-order valence-electron chi connectivity index (χ4n) is 1.64. The smallest absolute Gasteiger partial charge is 0.115 e. The fourth-order valence-corrected chi connectivity index (χ4v) is 1.64. The van der Waals surface area contributed by atoms with Crippen LogP contribution in [0.4, 0.5) is 0 Å². The molecule has 2 aromatic rings. The van der Waals surface area contributed by atoms with E-state index in [1.54, 1.807) is 12.1 Å². The van der Waals surface area contributed by atoms with Crippen LogP contribution in [0.3, 0.4) is 0 Å². The first-order valence-electron chi connectivity index (χ1n) is 6.01. The number of nitrogens with one attached hydrogen (secondary N) is 1. The Labute approximate surface area is 107 Å². The van der Waals surface area contributed by atoms with Crippen molar-refractivity contribution in [2.45, 2.75) is 13.0 Å². The summed E-state index contributed by atoms with van der Waals surface area (Å²) in [5.74, 6) is 0.298. The Hall–Kier alpha value is -1.84. The van der Waals surface area contributed by atoms with Gasteiger partial charge in [0.1, 0.15) is 5.75 Å². The Kier molecular flexibility index (Phi) is 4.76. The van der Waals surface area contributed by atoms with Crippen LogP contribution in [-0.4, -0.2) is 11.7 Å². The molecular formula is C15H17NO2. The van der Waals surface area contributed by atoms with Crippen LogP contribution in [0, 0.1) is 0 Å². The first-order chi connectivity index (χ1) is 8.84. The Morgan fingerprint density at radius 1 is 0.889 bits per heavy atom. The molecule has 0 saturated heterocycles. The molecule has 3 heteroatoms. The van der Waals surface area contributed by atoms with Crippen LogP contribution in [-0.2, 0) is 17.9 Å². The summed E-state index contributed by atoms with van der Waals surface area (Å²) in [7, 11) is 0. The molecule has 0 radical (unpaired) electrons. The number of aromatic hydroxyl groups is 1. The van der Waals surface area contributed by atoms with E-state index in [2.05, 4.69) is 5.48 Å². The topological polar surface area (TPSA) is 41.5 Å². The van der Waals surface area contributed by atoms with E-state index in [-0.39, 0.29) is 0 Å². The van der Waals surface area contributed by atoms with Crippen molar-refractivity contribution in [3.05, 3.63) is 65.7 Å². The number of hydroxylamine groups is 1. The monoisotopic (exact) mass is 243 g/mol. The molecule has 0 heterocycles. The fraction of sp³-hybridized carbons (Fsp3) is 0.200. The third kappa shape index (κ3) is 4.20. The number of phenols is 1. The average Bonchev–Trinajstić information content (AvgIpc) is 2.42. The Morgan fingerprint density at radius 2 is 1.61 bits per heavy atom. The van der Waals surface area contributed by atoms with Gasteiger partial charge in [-0.2, -0.15) is 0 Å². The molecule has 0 aromatic heterocycles. The summed E-state index contributed by atoms with van der Waals surface area (Å²) in [4.78, 5) is 5.37. The second-order valence-electron chi connectivity index (χ2n) is 4.09. The second kappa shape index (κ2) is 6.79. The maximum Gasteiger partial charge on any atom is 0.115 e. The van der Waals surface area contributed by atoms with Crippen LogP contribution in [0.15, 0.2) is 54.6 Å². The summed E-state index contributed by atoms with van der Waals surface area (Å²) in [6.45, 7) is 1.31. The molecule has 0 bridgehead atoms. The predicted molar refractivity (Wildman–Crippen MR) is 71.0 cm³/mol. The molecular weight excluding hydrogens is 226 g/mol. The lowest BCUT2D eigenvalue weighted by Gasteiger charge is -2.06. The van der Waals surface area contributed by atoms with E-state index >= 15 is 0 Å². The van der Waals surface area contributed by atoms with Crippen molar-refractivity contribution >= 4 is 0 Å². The number of benzene rings is 2. The normalized spacial score (nSPS) is 10.4. The van der Waals surface area contributed by atoms with Gasteiger partial charge >= 0.3 is 0 Å². The highest BCUT2D eigenvalue weighted by Crippen LogP contribution is 2.09. The Balaban J connectivity index is 1.63. The van der Waals surface area contributed by atoms with E-state index in [0.29, 0.717) is 12.4 Å². The van der Waals surface area contributed by atoms with Gasteiger partial charge in [0.25, 0.3) is 0 Å². The molecule has 0 amide bonds. The van der Waals surface area contributed by atoms with Gasteiger partial charge < -0.3 is 5.11 Å². The van der Waals surface area contributed by atoms with Crippen molar-refractivity contribution in [1.82, 2.24) is 5.48 Å². The third-order valence-electron chi connectivity index (χ3n) is 2.64. The summed E-state index contributed by atoms with van der Waals surface area (Å²) in [5.41, 5.74) is 5.25. The van der Waals surface area contributed by atoms with Gasteiger partial charge in [-0.25, -0.2) is 5.48 Å². The number of rotatable bonds is 6. The van der Waals surface area contributed by atoms with Gasteiger partial charge in [-0.1, -0.05) is 42.5 Å². The minimum absolute atomic E-state index is 0.298. The molecule has 0 aliphatic heterocycles. The zero-order valence-electron chi connectivity index (χ0n) is 10.2. The quantitative estimate of drug-likeness (QED) is 0.605. The van der Waals surface area contributed by atoms with Crippen molar-refractivity contribution in [3.63, 3.8) is 0 Å². The number of hydrogen-bond donors (Lipinski definition) is 2. The van der Waals surface area contributed by atoms with Crippen LogP contribution in [0.25, 0.3) is 0 Å². The molecule has 0 unspecified atom stereocenters. The van der Waals surface area contributed by atoms with E-state index in [0.717, 1.165) is 18.5 Å². The van der Waals surface area contributed by atoms with Crippen molar-refractivity contribution in [2.75, 3.05) is 6.54 Å². The van der Waals surface area contributed by atoms with Gasteiger partial charge in [-0.05, 0) is 29.7 Å². The largest absolute Gasteiger partial charge is 0.508 e. The third-order valence-corrected chi connectivity index (χ3v) is 2.64. The van der Waals surface area contributed by atoms with E-state index < -0.39 is 0 Å². The standard InChI is InChI=1S/C15H17NO2/c17-15-8-6-13(7-9-15)10-11-16-18-12-14-4-2-1-3-5-14/h1-9,16-17H,10-12H2. The molecule has 94 valence electrons. The number of hydrogen-bond acceptors (Lipinski definition) is 3. The predicted octanol–water partition coefficient (Wildman–Crippen LogP) is 2.66. The summed E-state index contributed by atoms with van der Waals surface area (Å²) in [6, 6.07) is 17.2. The lowest BCUT2D eigenvalue weighted by Crippen LogP contribution is -2.17. The van der Waals surface area contributed by atoms with Gasteiger partial charge in [0.05, 0.1) is 6.61 Å². The molecule has 0 aliphatic rings. The van der Waals surface area contributed by atoms with E-state index in [9.17, 15) is 0 Å². The molecule has 0 saturated carbocycles. The molecule has 2 rings (SSSR count). The Bertz CT molecular complexity index is 454. The molecule has 18 heavy (non-hydrogen) atoms. The highest BCUT2D eigenvalue weighted by Gasteiger charge is 1.94. The highest BCUT2D eigenvalue weighted by atomic mass is 16.6. The summed E-state index contributed by atoms with van der Waals surface area (Å²) in [5, 5.41) is 9.15. The van der Waals surface area contributed by atoms with Gasteiger partial charge in [0.2, 0.25) is 0 Å². The molecule has 0 aliphatic carbocycles. The molecule has 2 aromatic carbocycles. The summed E-state index contributed by atoms with van der Waals surface area (Å²) in [6.07, 6.45) is 0.870. The average molecular weight is 243 g/mol. The lowest BCUT2D eigenvalue weighted by atomic mass is 10.1. The molecule has 3 nitrogen and oxygen atoms in total. The van der Waals surface area contributed by atoms with Gasteiger partial charge in [-0.3, -0.25) is 4.84 Å². The SMILES string of the molecule is Oc1ccc(CCNOCc2ccccc2)cc1. The van der Waals surface area contributed by atoms with Gasteiger partial charge in [-0.15, -0.1) is 0 Å². The van der Waals surface area contributed by atoms with E-state index in [4.69, 9.17) is 9.94 Å². The van der Waals surface area contributed by atoms with Crippen LogP contribution >= 0.6 is 0 Å². The van der Waals surface area contributed by atoms with Crippen LogP contribution in [0.2, 0.25) is 0 Å². The lowest BCUT2D eigenvalue weighted by molar-refractivity contribution is 0.0288. The molecule has 2 N–H and O–H groups in total. The van der Waals surface area contributed by atoms with Crippen molar-refractivity contribution in [1.29, 1.82) is 0 Å². The zero-order valence-corrected chi connectivity index (χ0v) is 10.2. The highest BCUT2D eigenvalue weighted by molar-refractivity contribution is 5.25. The minimum Gasteiger partial charge on any atom is -0.508 e. The maximum absolute atomic E-state index is 9.15. The van der Waals surface area contributed by atoms with E-state index in [1.165, 1.54) is 5.56 Å². The molecule has 0 spiro atoms. The van der Waals surface area contributed by atoms with Crippen LogP contribution in [0.1, 0.15) is 11.1 Å². The number of phenolic OH excluding ortho intramolecular Hbond substituents is 1. The van der Waals surface area contributed by atoms with Gasteiger partial charge in [0, 0.05) is 6.54 Å². The first kappa shape index (κ1) is 12.6. The van der Waals surface area contributed by atoms with Crippen molar-refractivity contribution < 1.29 is 9.94 Å². The molecule has 0 atom stereocenters. The van der Waals surface area contributed by atoms with Crippen LogP contribution in [0.5, 0.6) is 5.75 Å². The maximum atomic E-state index is 9.15. The first-order valence-corrected chi connectivity index (χ1v) is 6.01. The van der Waals surface area contributed by atoms with E-state index in [1.807, 2.05) is 42.5 Å². The summed E-state index contributed by atoms with van der Waals surface area (Å²) >= 11 is 0. The molecule has 0 fully saturated rings. The van der Waals surface area contributed by atoms with Crippen LogP contribution < -0.4 is 5.48 Å². The minimum atomic E-state index is 0.298. The van der Waals surface area contributed by atoms with Crippen molar-refractivity contribution in [3.8, 4) is 5.75 Å². The zero-order chi connectivity index (χ0) is 12.6. The second-order valence-corrected chi connectivity index (χ2v) is 4.09. The Morgan fingerprint density at radius 3 is 2.33 bits per heavy atom.